The van der Waals surface area contributed by atoms with Gasteiger partial charge in [0.05, 0.1) is 5.69 Å². The maximum atomic E-state index is 12.6. The second-order valence-corrected chi connectivity index (χ2v) is 7.53. The first-order valence-corrected chi connectivity index (χ1v) is 8.67. The van der Waals surface area contributed by atoms with E-state index in [-0.39, 0.29) is 15.9 Å². The predicted molar refractivity (Wildman–Crippen MR) is 85.6 cm³/mol. The summed E-state index contributed by atoms with van der Waals surface area (Å²) in [7, 11) is -1.49. The van der Waals surface area contributed by atoms with Crippen LogP contribution >= 0.6 is 12.2 Å². The fraction of sp³-hybridized carbons (Fsp3) is 0.538. The molecule has 1 unspecified atom stereocenters. The van der Waals surface area contributed by atoms with Gasteiger partial charge in [0.25, 0.3) is 0 Å². The summed E-state index contributed by atoms with van der Waals surface area (Å²) in [6, 6.07) is 3.30. The largest absolute Gasteiger partial charge is 0.388 e. The highest BCUT2D eigenvalue weighted by Crippen LogP contribution is 2.20. The monoisotopic (exact) mass is 328 g/mol. The molecule has 2 heterocycles. The number of sulfonamides is 1. The highest BCUT2D eigenvalue weighted by atomic mass is 32.2. The Balaban J connectivity index is 2.23. The van der Waals surface area contributed by atoms with Crippen molar-refractivity contribution >= 4 is 27.2 Å². The number of nitrogens with zero attached hydrogens (tertiary/aromatic N) is 3. The molecule has 6 nitrogen and oxygen atoms in total. The molecular formula is C13H20N4O2S2. The Morgan fingerprint density at radius 1 is 1.48 bits per heavy atom. The lowest BCUT2D eigenvalue weighted by Gasteiger charge is -2.38. The molecule has 1 aliphatic rings. The molecule has 0 aromatic carbocycles. The standard InChI is InChI=1S/C13H20N4O2S2/c1-3-10-9-17(7-6-16(10)2)21(18,19)11-4-5-12(13(14)20)15-8-11/h4-5,8,10H,3,6-7,9H2,1-2H3,(H2,14,20). The van der Waals surface area contributed by atoms with Crippen molar-refractivity contribution in [2.24, 2.45) is 5.73 Å². The first kappa shape index (κ1) is 16.3. The molecule has 1 aliphatic heterocycles. The van der Waals surface area contributed by atoms with Gasteiger partial charge in [-0.2, -0.15) is 4.31 Å². The minimum absolute atomic E-state index is 0.157. The van der Waals surface area contributed by atoms with Gasteiger partial charge in [0, 0.05) is 31.9 Å². The van der Waals surface area contributed by atoms with E-state index in [1.54, 1.807) is 6.07 Å². The van der Waals surface area contributed by atoms with Crippen molar-refractivity contribution in [3.05, 3.63) is 24.0 Å². The molecule has 2 N–H and O–H groups in total. The fourth-order valence-electron chi connectivity index (χ4n) is 2.40. The number of likely N-dealkylation sites (N-methyl/N-ethyl adjacent to an activating group) is 1. The summed E-state index contributed by atoms with van der Waals surface area (Å²) in [5, 5.41) is 0. The van der Waals surface area contributed by atoms with Crippen LogP contribution in [0.15, 0.2) is 23.2 Å². The van der Waals surface area contributed by atoms with E-state index in [9.17, 15) is 8.42 Å². The van der Waals surface area contributed by atoms with E-state index < -0.39 is 10.0 Å². The summed E-state index contributed by atoms with van der Waals surface area (Å²) in [5.74, 6) is 0. The van der Waals surface area contributed by atoms with E-state index in [0.717, 1.165) is 13.0 Å². The number of aromatic nitrogens is 1. The van der Waals surface area contributed by atoms with Crippen LogP contribution < -0.4 is 5.73 Å². The number of piperazine rings is 1. The van der Waals surface area contributed by atoms with Crippen molar-refractivity contribution in [3.8, 4) is 0 Å². The Hall–Kier alpha value is -1.09. The third-order valence-electron chi connectivity index (χ3n) is 3.84. The van der Waals surface area contributed by atoms with Crippen LogP contribution in [-0.2, 0) is 10.0 Å². The Labute approximate surface area is 131 Å². The molecule has 0 bridgehead atoms. The Morgan fingerprint density at radius 3 is 2.71 bits per heavy atom. The Kier molecular flexibility index (Phi) is 4.92. The summed E-state index contributed by atoms with van der Waals surface area (Å²) >= 11 is 4.82. The molecule has 2 rings (SSSR count). The van der Waals surface area contributed by atoms with Gasteiger partial charge < -0.3 is 10.6 Å². The van der Waals surface area contributed by atoms with Crippen molar-refractivity contribution < 1.29 is 8.42 Å². The van der Waals surface area contributed by atoms with E-state index in [2.05, 4.69) is 16.8 Å². The lowest BCUT2D eigenvalue weighted by atomic mass is 10.1. The van der Waals surface area contributed by atoms with Gasteiger partial charge in [0.1, 0.15) is 9.88 Å². The molecule has 1 aromatic rings. The molecule has 0 spiro atoms. The minimum Gasteiger partial charge on any atom is -0.388 e. The van der Waals surface area contributed by atoms with Gasteiger partial charge in [-0.25, -0.2) is 8.42 Å². The smallest absolute Gasteiger partial charge is 0.244 e. The number of rotatable bonds is 4. The summed E-state index contributed by atoms with van der Waals surface area (Å²) in [6.45, 7) is 3.80. The van der Waals surface area contributed by atoms with Gasteiger partial charge in [-0.05, 0) is 25.6 Å². The molecule has 8 heteroatoms. The highest BCUT2D eigenvalue weighted by Gasteiger charge is 2.32. The zero-order valence-electron chi connectivity index (χ0n) is 12.2. The molecule has 1 aromatic heterocycles. The Bertz CT molecular complexity index is 616. The van der Waals surface area contributed by atoms with E-state index in [1.165, 1.54) is 16.6 Å². The lowest BCUT2D eigenvalue weighted by Crippen LogP contribution is -2.52. The molecule has 0 amide bonds. The average molecular weight is 328 g/mol. The first-order chi connectivity index (χ1) is 9.86. The third-order valence-corrected chi connectivity index (χ3v) is 5.90. The van der Waals surface area contributed by atoms with Crippen LogP contribution in [0.5, 0.6) is 0 Å². The maximum absolute atomic E-state index is 12.6. The van der Waals surface area contributed by atoms with Crippen LogP contribution in [0, 0.1) is 0 Å². The Morgan fingerprint density at radius 2 is 2.19 bits per heavy atom. The number of pyridine rings is 1. The highest BCUT2D eigenvalue weighted by molar-refractivity contribution is 7.89. The summed E-state index contributed by atoms with van der Waals surface area (Å²) in [4.78, 5) is 6.55. The van der Waals surface area contributed by atoms with Crippen molar-refractivity contribution in [2.75, 3.05) is 26.7 Å². The molecule has 116 valence electrons. The molecule has 1 atom stereocenters. The maximum Gasteiger partial charge on any atom is 0.244 e. The number of hydrogen-bond acceptors (Lipinski definition) is 5. The molecule has 1 fully saturated rings. The summed E-state index contributed by atoms with van der Waals surface area (Å²) in [6.07, 6.45) is 2.24. The zero-order chi connectivity index (χ0) is 15.6. The molecule has 21 heavy (non-hydrogen) atoms. The van der Waals surface area contributed by atoms with Crippen molar-refractivity contribution in [1.29, 1.82) is 0 Å². The normalized spacial score (nSPS) is 21.3. The van der Waals surface area contributed by atoms with Gasteiger partial charge in [0.2, 0.25) is 10.0 Å². The second kappa shape index (κ2) is 6.35. The molecule has 0 saturated carbocycles. The van der Waals surface area contributed by atoms with E-state index in [0.29, 0.717) is 18.8 Å². The van der Waals surface area contributed by atoms with Gasteiger partial charge in [-0.1, -0.05) is 19.1 Å². The fourth-order valence-corrected chi connectivity index (χ4v) is 3.94. The van der Waals surface area contributed by atoms with Gasteiger partial charge in [0.15, 0.2) is 0 Å². The number of hydrogen-bond donors (Lipinski definition) is 1. The quantitative estimate of drug-likeness (QED) is 0.808. The number of thiocarbonyl (C=S) groups is 1. The topological polar surface area (TPSA) is 79.5 Å². The number of nitrogens with two attached hydrogens (primary N) is 1. The van der Waals surface area contributed by atoms with Crippen LogP contribution in [0.25, 0.3) is 0 Å². The van der Waals surface area contributed by atoms with Crippen LogP contribution in [0.2, 0.25) is 0 Å². The van der Waals surface area contributed by atoms with E-state index >= 15 is 0 Å². The predicted octanol–water partition coefficient (Wildman–Crippen LogP) is 0.431. The molecular weight excluding hydrogens is 308 g/mol. The van der Waals surface area contributed by atoms with Crippen molar-refractivity contribution in [3.63, 3.8) is 0 Å². The SMILES string of the molecule is CCC1CN(S(=O)(=O)c2ccc(C(N)=S)nc2)CCN1C. The van der Waals surface area contributed by atoms with Crippen molar-refractivity contribution in [1.82, 2.24) is 14.2 Å². The van der Waals surface area contributed by atoms with E-state index in [4.69, 9.17) is 18.0 Å². The molecule has 0 radical (unpaired) electrons. The first-order valence-electron chi connectivity index (χ1n) is 6.82. The van der Waals surface area contributed by atoms with Gasteiger partial charge in [-0.15, -0.1) is 0 Å². The second-order valence-electron chi connectivity index (χ2n) is 5.15. The summed E-state index contributed by atoms with van der Waals surface area (Å²) in [5.41, 5.74) is 5.90. The molecule has 0 aliphatic carbocycles. The van der Waals surface area contributed by atoms with Gasteiger partial charge in [-0.3, -0.25) is 4.98 Å². The summed E-state index contributed by atoms with van der Waals surface area (Å²) < 4.78 is 26.8. The van der Waals surface area contributed by atoms with Crippen LogP contribution in [0.1, 0.15) is 19.0 Å². The average Bonchev–Trinajstić information content (AvgIpc) is 2.47. The van der Waals surface area contributed by atoms with E-state index in [1.807, 2.05) is 7.05 Å². The van der Waals surface area contributed by atoms with Crippen LogP contribution in [0.3, 0.4) is 0 Å². The minimum atomic E-state index is -3.51. The molecule has 1 saturated heterocycles. The third kappa shape index (κ3) is 3.39. The van der Waals surface area contributed by atoms with Crippen LogP contribution in [-0.4, -0.2) is 60.3 Å². The zero-order valence-corrected chi connectivity index (χ0v) is 13.8. The van der Waals surface area contributed by atoms with Gasteiger partial charge >= 0.3 is 0 Å². The van der Waals surface area contributed by atoms with Crippen LogP contribution in [0.4, 0.5) is 0 Å². The lowest BCUT2D eigenvalue weighted by molar-refractivity contribution is 0.144. The van der Waals surface area contributed by atoms with Crippen molar-refractivity contribution in [2.45, 2.75) is 24.3 Å².